The highest BCUT2D eigenvalue weighted by Crippen LogP contribution is 2.28. The SMILES string of the molecule is CCn1c(C)nc2cc(C(=O)NN=Cc3ccc(OCCC(C)C)c(OC)c3)ccc21. The molecule has 1 amide bonds. The Kier molecular flexibility index (Phi) is 7.28. The summed E-state index contributed by atoms with van der Waals surface area (Å²) in [4.78, 5) is 17.0. The van der Waals surface area contributed by atoms with Crippen LogP contribution in [0.1, 0.15) is 48.9 Å². The molecular formula is C24H30N4O3. The zero-order valence-electron chi connectivity index (χ0n) is 18.8. The number of nitrogens with one attached hydrogen (secondary N) is 1. The summed E-state index contributed by atoms with van der Waals surface area (Å²) in [5, 5.41) is 4.08. The van der Waals surface area contributed by atoms with Gasteiger partial charge in [0.25, 0.3) is 5.91 Å². The lowest BCUT2D eigenvalue weighted by Gasteiger charge is -2.12. The Morgan fingerprint density at radius 3 is 2.74 bits per heavy atom. The van der Waals surface area contributed by atoms with Crippen molar-refractivity contribution < 1.29 is 14.3 Å². The van der Waals surface area contributed by atoms with Crippen LogP contribution < -0.4 is 14.9 Å². The van der Waals surface area contributed by atoms with Gasteiger partial charge in [-0.15, -0.1) is 0 Å². The summed E-state index contributed by atoms with van der Waals surface area (Å²) in [7, 11) is 1.60. The maximum atomic E-state index is 12.5. The summed E-state index contributed by atoms with van der Waals surface area (Å²) < 4.78 is 13.3. The monoisotopic (exact) mass is 422 g/mol. The number of nitrogens with zero attached hydrogens (tertiary/aromatic N) is 3. The summed E-state index contributed by atoms with van der Waals surface area (Å²) in [5.74, 6) is 2.54. The molecule has 0 aliphatic rings. The van der Waals surface area contributed by atoms with Gasteiger partial charge < -0.3 is 14.0 Å². The van der Waals surface area contributed by atoms with Crippen molar-refractivity contribution in [3.8, 4) is 11.5 Å². The quantitative estimate of drug-likeness (QED) is 0.405. The first-order valence-electron chi connectivity index (χ1n) is 10.5. The second kappa shape index (κ2) is 10.1. The number of carbonyl (C=O) groups is 1. The molecule has 0 aliphatic carbocycles. The lowest BCUT2D eigenvalue weighted by atomic mass is 10.1. The molecule has 1 aromatic heterocycles. The third-order valence-electron chi connectivity index (χ3n) is 5.04. The molecule has 0 aliphatic heterocycles. The summed E-state index contributed by atoms with van der Waals surface area (Å²) >= 11 is 0. The molecule has 0 bridgehead atoms. The maximum absolute atomic E-state index is 12.5. The minimum atomic E-state index is -0.289. The van der Waals surface area contributed by atoms with Crippen molar-refractivity contribution in [3.63, 3.8) is 0 Å². The average molecular weight is 423 g/mol. The van der Waals surface area contributed by atoms with Crippen LogP contribution in [0.25, 0.3) is 11.0 Å². The number of amides is 1. The largest absolute Gasteiger partial charge is 0.493 e. The Labute approximate surface area is 183 Å². The third kappa shape index (κ3) is 5.42. The Balaban J connectivity index is 1.65. The van der Waals surface area contributed by atoms with E-state index in [9.17, 15) is 4.79 Å². The Bertz CT molecular complexity index is 1090. The van der Waals surface area contributed by atoms with Gasteiger partial charge >= 0.3 is 0 Å². The van der Waals surface area contributed by atoms with Gasteiger partial charge in [0.15, 0.2) is 11.5 Å². The van der Waals surface area contributed by atoms with Crippen LogP contribution in [0.2, 0.25) is 0 Å². The zero-order valence-corrected chi connectivity index (χ0v) is 18.8. The Morgan fingerprint density at radius 1 is 1.23 bits per heavy atom. The molecule has 7 heteroatoms. The van der Waals surface area contributed by atoms with E-state index in [1.54, 1.807) is 25.5 Å². The van der Waals surface area contributed by atoms with Crippen molar-refractivity contribution in [2.24, 2.45) is 11.0 Å². The van der Waals surface area contributed by atoms with E-state index in [-0.39, 0.29) is 5.91 Å². The number of methoxy groups -OCH3 is 1. The van der Waals surface area contributed by atoms with Crippen molar-refractivity contribution >= 4 is 23.2 Å². The highest BCUT2D eigenvalue weighted by Gasteiger charge is 2.11. The van der Waals surface area contributed by atoms with Gasteiger partial charge in [-0.1, -0.05) is 13.8 Å². The molecule has 2 aromatic carbocycles. The number of carbonyl (C=O) groups excluding carboxylic acids is 1. The number of fused-ring (bicyclic) bond motifs is 1. The van der Waals surface area contributed by atoms with Crippen LogP contribution in [-0.2, 0) is 6.54 Å². The van der Waals surface area contributed by atoms with Crippen molar-refractivity contribution in [1.82, 2.24) is 15.0 Å². The Hall–Kier alpha value is -3.35. The smallest absolute Gasteiger partial charge is 0.271 e. The molecule has 7 nitrogen and oxygen atoms in total. The van der Waals surface area contributed by atoms with E-state index in [1.165, 1.54) is 0 Å². The first kappa shape index (κ1) is 22.3. The Morgan fingerprint density at radius 2 is 2.03 bits per heavy atom. The van der Waals surface area contributed by atoms with Gasteiger partial charge in [-0.2, -0.15) is 5.10 Å². The van der Waals surface area contributed by atoms with E-state index in [0.29, 0.717) is 29.6 Å². The molecule has 0 unspecified atom stereocenters. The van der Waals surface area contributed by atoms with Gasteiger partial charge in [-0.3, -0.25) is 4.79 Å². The first-order valence-corrected chi connectivity index (χ1v) is 10.5. The van der Waals surface area contributed by atoms with Gasteiger partial charge in [0, 0.05) is 12.1 Å². The number of imidazole rings is 1. The molecule has 3 aromatic rings. The number of ether oxygens (including phenoxy) is 2. The van der Waals surface area contributed by atoms with Crippen molar-refractivity contribution in [3.05, 3.63) is 53.3 Å². The van der Waals surface area contributed by atoms with Crippen molar-refractivity contribution in [2.75, 3.05) is 13.7 Å². The van der Waals surface area contributed by atoms with E-state index in [0.717, 1.165) is 35.4 Å². The van der Waals surface area contributed by atoms with E-state index >= 15 is 0 Å². The molecule has 0 radical (unpaired) electrons. The summed E-state index contributed by atoms with van der Waals surface area (Å²) in [6.45, 7) is 9.82. The highest BCUT2D eigenvalue weighted by atomic mass is 16.5. The summed E-state index contributed by atoms with van der Waals surface area (Å²) in [5.41, 5.74) is 5.69. The zero-order chi connectivity index (χ0) is 22.4. The molecule has 1 heterocycles. The summed E-state index contributed by atoms with van der Waals surface area (Å²) in [6, 6.07) is 11.0. The number of aromatic nitrogens is 2. The normalized spacial score (nSPS) is 11.4. The van der Waals surface area contributed by atoms with Gasteiger partial charge in [0.1, 0.15) is 5.82 Å². The first-order chi connectivity index (χ1) is 14.9. The lowest BCUT2D eigenvalue weighted by Crippen LogP contribution is -2.17. The van der Waals surface area contributed by atoms with Crippen LogP contribution in [0, 0.1) is 12.8 Å². The number of aryl methyl sites for hydroxylation is 2. The van der Waals surface area contributed by atoms with Gasteiger partial charge in [-0.05, 0) is 68.1 Å². The third-order valence-corrected chi connectivity index (χ3v) is 5.04. The van der Waals surface area contributed by atoms with E-state index < -0.39 is 0 Å². The molecular weight excluding hydrogens is 392 g/mol. The molecule has 31 heavy (non-hydrogen) atoms. The van der Waals surface area contributed by atoms with E-state index in [1.807, 2.05) is 31.2 Å². The van der Waals surface area contributed by atoms with Gasteiger partial charge in [0.05, 0.1) is 31.0 Å². The average Bonchev–Trinajstić information content (AvgIpc) is 3.08. The molecule has 0 saturated carbocycles. The predicted octanol–water partition coefficient (Wildman–Crippen LogP) is 4.56. The number of rotatable bonds is 9. The minimum Gasteiger partial charge on any atom is -0.493 e. The maximum Gasteiger partial charge on any atom is 0.271 e. The standard InChI is InChI=1S/C24H30N4O3/c1-6-28-17(4)26-20-14-19(8-9-21(20)28)24(29)27-25-15-18-7-10-22(23(13-18)30-5)31-12-11-16(2)3/h7-10,13-16H,6,11-12H2,1-5H3,(H,27,29). The van der Waals surface area contributed by atoms with Gasteiger partial charge in [-0.25, -0.2) is 10.4 Å². The van der Waals surface area contributed by atoms with Crippen molar-refractivity contribution in [1.29, 1.82) is 0 Å². The van der Waals surface area contributed by atoms with Crippen LogP contribution in [0.15, 0.2) is 41.5 Å². The number of benzene rings is 2. The molecule has 0 fully saturated rings. The molecule has 0 saturated heterocycles. The van der Waals surface area contributed by atoms with E-state index in [4.69, 9.17) is 9.47 Å². The van der Waals surface area contributed by atoms with Crippen molar-refractivity contribution in [2.45, 2.75) is 40.7 Å². The second-order valence-corrected chi connectivity index (χ2v) is 7.75. The van der Waals surface area contributed by atoms with Crippen LogP contribution >= 0.6 is 0 Å². The predicted molar refractivity (Wildman–Crippen MR) is 123 cm³/mol. The van der Waals surface area contributed by atoms with Crippen LogP contribution in [0.4, 0.5) is 0 Å². The topological polar surface area (TPSA) is 77.7 Å². The minimum absolute atomic E-state index is 0.289. The van der Waals surface area contributed by atoms with Crippen LogP contribution in [-0.4, -0.2) is 35.4 Å². The molecule has 0 atom stereocenters. The number of hydrazone groups is 1. The molecule has 0 spiro atoms. The molecule has 1 N–H and O–H groups in total. The lowest BCUT2D eigenvalue weighted by molar-refractivity contribution is 0.0955. The molecule has 164 valence electrons. The fourth-order valence-electron chi connectivity index (χ4n) is 3.31. The highest BCUT2D eigenvalue weighted by molar-refractivity contribution is 5.98. The summed E-state index contributed by atoms with van der Waals surface area (Å²) in [6.07, 6.45) is 2.55. The second-order valence-electron chi connectivity index (χ2n) is 7.75. The number of hydrogen-bond donors (Lipinski definition) is 1. The fraction of sp³-hybridized carbons (Fsp3) is 0.375. The van der Waals surface area contributed by atoms with Crippen LogP contribution in [0.5, 0.6) is 11.5 Å². The van der Waals surface area contributed by atoms with Gasteiger partial charge in [0.2, 0.25) is 0 Å². The van der Waals surface area contributed by atoms with E-state index in [2.05, 4.69) is 40.8 Å². The fourth-order valence-corrected chi connectivity index (χ4v) is 3.31. The number of hydrogen-bond acceptors (Lipinski definition) is 5. The molecule has 3 rings (SSSR count). The van der Waals surface area contributed by atoms with Crippen LogP contribution in [0.3, 0.4) is 0 Å².